The lowest BCUT2D eigenvalue weighted by Gasteiger charge is -2.23. The van der Waals surface area contributed by atoms with E-state index in [0.717, 1.165) is 44.8 Å². The lowest BCUT2D eigenvalue weighted by Crippen LogP contribution is -2.16. The Kier molecular flexibility index (Phi) is 18.3. The van der Waals surface area contributed by atoms with Crippen molar-refractivity contribution in [1.29, 1.82) is 0 Å². The van der Waals surface area contributed by atoms with Crippen molar-refractivity contribution in [3.8, 4) is 124 Å². The van der Waals surface area contributed by atoms with Gasteiger partial charge in [-0.1, -0.05) is 361 Å². The molecule has 24 aromatic rings. The van der Waals surface area contributed by atoms with Gasteiger partial charge in [0, 0.05) is 97.3 Å². The molecule has 0 N–H and O–H groups in total. The summed E-state index contributed by atoms with van der Waals surface area (Å²) in [6, 6.07) is 151. The van der Waals surface area contributed by atoms with E-state index in [-0.39, 0.29) is 10.8 Å². The van der Waals surface area contributed by atoms with Crippen LogP contribution in [-0.4, -0.2) is 39.0 Å². The second kappa shape index (κ2) is 30.9. The first kappa shape index (κ1) is 76.5. The first-order valence-electron chi connectivity index (χ1n) is 44.1. The monoisotopic (exact) mass is 1670 g/mol. The molecule has 129 heavy (non-hydrogen) atoms. The van der Waals surface area contributed by atoms with Crippen LogP contribution in [0.3, 0.4) is 0 Å². The Hall–Kier alpha value is -16.2. The van der Waals surface area contributed by atoms with E-state index in [1.54, 1.807) is 0 Å². The van der Waals surface area contributed by atoms with Crippen molar-refractivity contribution in [2.45, 2.75) is 38.5 Å². The Morgan fingerprint density at radius 2 is 0.566 bits per heavy atom. The van der Waals surface area contributed by atoms with Crippen LogP contribution in [-0.2, 0) is 10.8 Å². The number of aromatic nitrogens is 8. The molecular weight excluding hydrogens is 1590 g/mol. The number of para-hydroxylation sites is 2. The van der Waals surface area contributed by atoms with E-state index < -0.39 is 0 Å². The zero-order valence-corrected chi connectivity index (χ0v) is 72.2. The fraction of sp³-hybridized carbons (Fsp3) is 0.0500. The molecule has 0 amide bonds. The van der Waals surface area contributed by atoms with E-state index in [9.17, 15) is 0 Å². The summed E-state index contributed by atoms with van der Waals surface area (Å²) < 4.78 is 7.53. The van der Waals surface area contributed by atoms with Gasteiger partial charge in [0.15, 0.2) is 34.9 Å². The molecule has 0 atom stereocenters. The third-order valence-electron chi connectivity index (χ3n) is 26.5. The molecule has 5 heterocycles. The third-order valence-corrected chi connectivity index (χ3v) is 27.8. The highest BCUT2D eigenvalue weighted by atomic mass is 32.1. The lowest BCUT2D eigenvalue weighted by atomic mass is 9.81. The Morgan fingerprint density at radius 3 is 1.11 bits per heavy atom. The van der Waals surface area contributed by atoms with Crippen LogP contribution in [0.2, 0.25) is 0 Å². The highest BCUT2D eigenvalue weighted by molar-refractivity contribution is 7.26. The van der Waals surface area contributed by atoms with Crippen molar-refractivity contribution in [2.75, 3.05) is 0 Å². The van der Waals surface area contributed by atoms with Gasteiger partial charge in [-0.2, -0.15) is 0 Å². The predicted molar refractivity (Wildman–Crippen MR) is 539 cm³/mol. The number of fused-ring (bicyclic) bond motifs is 22. The maximum absolute atomic E-state index is 4.95. The third kappa shape index (κ3) is 12.9. The topological polar surface area (TPSA) is 87.2 Å². The molecule has 5 aromatic heterocycles. The van der Waals surface area contributed by atoms with Gasteiger partial charge in [-0.3, -0.25) is 0 Å². The predicted octanol–water partition coefficient (Wildman–Crippen LogP) is 31.4. The summed E-state index contributed by atoms with van der Waals surface area (Å²) in [5.74, 6) is 3.94. The van der Waals surface area contributed by atoms with Crippen LogP contribution in [0.15, 0.2) is 425 Å². The summed E-state index contributed by atoms with van der Waals surface area (Å²) in [4.78, 5) is 29.5. The van der Waals surface area contributed by atoms with E-state index in [4.69, 9.17) is 29.9 Å². The van der Waals surface area contributed by atoms with E-state index in [1.807, 2.05) is 133 Å². The molecule has 26 rings (SSSR count). The maximum Gasteiger partial charge on any atom is 0.164 e. The van der Waals surface area contributed by atoms with Crippen molar-refractivity contribution in [3.63, 3.8) is 0 Å². The number of hydrogen-bond donors (Lipinski definition) is 0. The maximum atomic E-state index is 4.95. The van der Waals surface area contributed by atoms with Gasteiger partial charge in [-0.15, -0.1) is 11.3 Å². The molecule has 0 unspecified atom stereocenters. The van der Waals surface area contributed by atoms with E-state index in [0.29, 0.717) is 34.9 Å². The van der Waals surface area contributed by atoms with Crippen LogP contribution < -0.4 is 0 Å². The average molecular weight is 1670 g/mol. The largest absolute Gasteiger partial charge is 0.309 e. The Morgan fingerprint density at radius 1 is 0.202 bits per heavy atom. The molecule has 0 saturated heterocycles. The molecule has 2 aliphatic rings. The quantitative estimate of drug-likeness (QED) is 0.127. The summed E-state index contributed by atoms with van der Waals surface area (Å²) in [6.07, 6.45) is 0. The molecule has 0 aliphatic heterocycles. The number of thiophene rings is 1. The first-order chi connectivity index (χ1) is 63.5. The molecule has 9 heteroatoms. The molecule has 0 spiro atoms. The Bertz CT molecular complexity index is 8420. The zero-order chi connectivity index (χ0) is 86.0. The van der Waals surface area contributed by atoms with Gasteiger partial charge in [-0.25, -0.2) is 29.9 Å². The van der Waals surface area contributed by atoms with Gasteiger partial charge in [0.25, 0.3) is 0 Å². The molecule has 0 radical (unpaired) electrons. The van der Waals surface area contributed by atoms with E-state index >= 15 is 0 Å². The number of rotatable bonds is 10. The van der Waals surface area contributed by atoms with Crippen molar-refractivity contribution in [2.24, 2.45) is 0 Å². The van der Waals surface area contributed by atoms with E-state index in [1.165, 1.54) is 163 Å². The lowest BCUT2D eigenvalue weighted by molar-refractivity contribution is 0.661. The molecule has 19 aromatic carbocycles. The molecule has 8 nitrogen and oxygen atoms in total. The van der Waals surface area contributed by atoms with Gasteiger partial charge in [0.05, 0.1) is 22.1 Å². The van der Waals surface area contributed by atoms with Crippen molar-refractivity contribution < 1.29 is 0 Å². The van der Waals surface area contributed by atoms with Crippen LogP contribution in [0.5, 0.6) is 0 Å². The highest BCUT2D eigenvalue weighted by Gasteiger charge is 2.40. The van der Waals surface area contributed by atoms with Gasteiger partial charge < -0.3 is 9.13 Å². The van der Waals surface area contributed by atoms with Gasteiger partial charge in [0.2, 0.25) is 0 Å². The van der Waals surface area contributed by atoms with Gasteiger partial charge in [0.1, 0.15) is 0 Å². The van der Waals surface area contributed by atoms with Crippen LogP contribution in [0.1, 0.15) is 49.9 Å². The van der Waals surface area contributed by atoms with Crippen LogP contribution in [0, 0.1) is 0 Å². The molecule has 0 fully saturated rings. The molecule has 0 saturated carbocycles. The Balaban J connectivity index is 0.000000108. The van der Waals surface area contributed by atoms with E-state index in [2.05, 4.69) is 340 Å². The van der Waals surface area contributed by atoms with Crippen LogP contribution in [0.4, 0.5) is 0 Å². The van der Waals surface area contributed by atoms with Gasteiger partial charge >= 0.3 is 0 Å². The molecule has 608 valence electrons. The minimum Gasteiger partial charge on any atom is -0.309 e. The van der Waals surface area contributed by atoms with Gasteiger partial charge in [-0.05, 0) is 190 Å². The second-order valence-corrected chi connectivity index (χ2v) is 35.8. The van der Waals surface area contributed by atoms with Crippen LogP contribution >= 0.6 is 11.3 Å². The Labute approximate surface area is 750 Å². The minimum absolute atomic E-state index is 0.0489. The summed E-state index contributed by atoms with van der Waals surface area (Å²) in [7, 11) is 0. The highest BCUT2D eigenvalue weighted by Crippen LogP contribution is 2.55. The number of nitrogens with zero attached hydrogens (tertiary/aromatic N) is 8. The second-order valence-electron chi connectivity index (χ2n) is 34.7. The average Bonchev–Trinajstić information content (AvgIpc) is 1.54. The fourth-order valence-corrected chi connectivity index (χ4v) is 21.6. The fourth-order valence-electron chi connectivity index (χ4n) is 20.3. The normalized spacial score (nSPS) is 12.8. The summed E-state index contributed by atoms with van der Waals surface area (Å²) >= 11 is 1.89. The van der Waals surface area contributed by atoms with Crippen molar-refractivity contribution >= 4 is 107 Å². The zero-order valence-electron chi connectivity index (χ0n) is 71.4. The van der Waals surface area contributed by atoms with Crippen molar-refractivity contribution in [1.82, 2.24) is 39.0 Å². The summed E-state index contributed by atoms with van der Waals surface area (Å²) in [5, 5.41) is 15.6. The van der Waals surface area contributed by atoms with Crippen molar-refractivity contribution in [3.05, 3.63) is 447 Å². The summed E-state index contributed by atoms with van der Waals surface area (Å²) in [6.45, 7) is 9.40. The SMILES string of the molecule is CC1(C)c2ccccc2-c2cc3c(cc21)c1ccccc1n3-c1ccc(-c2nc(-c3ccccc3)nc(-c3ccccc3)n2)cc1.CC1(C)c2ccccc2-c2ccc3c4ccccc4n(-c4ccc(-c5nc(-c6ccccc6)nc(-c6ccccc6)n5)cc4)c3c21.c1cc(-c2ccc3c4ccccc4c4ccccc4c3c2)cc(-c2cccc3c2sc2ccccc23)c1. The molecule has 0 bridgehead atoms. The molecular formula is C120H82N8S. The minimum atomic E-state index is -0.135. The van der Waals surface area contributed by atoms with Crippen LogP contribution in [0.25, 0.3) is 220 Å². The number of benzene rings is 19. The number of hydrogen-bond acceptors (Lipinski definition) is 7. The smallest absolute Gasteiger partial charge is 0.164 e. The summed E-state index contributed by atoms with van der Waals surface area (Å²) in [5.41, 5.74) is 28.5. The first-order valence-corrected chi connectivity index (χ1v) is 44.9. The standard InChI is InChI=1S/2C42H30N4.C36H22S/c1-42(2)35-19-11-9-17-31(35)33-26-38-34(25-36(33)42)32-18-10-12-20-37(32)46(38)30-23-21-29(22-24-30)41-44-39(27-13-5-3-6-14-27)43-40(45-41)28-15-7-4-8-16-28;1-42(2)35-19-11-9-17-31(35)33-25-26-34-32-18-10-12-20-36(32)46(38(34)37(33)42)30-23-21-29(22-24-30)41-44-39(27-13-5-3-6-14-27)43-40(45-41)28-15-7-4-8-16-28;1-2-13-29-27(11-1)28-12-3-4-14-30(28)34-22-24(19-20-31(29)34)23-9-7-10-25(21-23)26-16-8-17-33-32-15-5-6-18-35(32)37-36(26)33/h2*3-26H,1-2H3;1-22H. The molecule has 2 aliphatic carbocycles.